The van der Waals surface area contributed by atoms with Gasteiger partial charge in [-0.3, -0.25) is 0 Å². The van der Waals surface area contributed by atoms with Crippen molar-refractivity contribution in [3.05, 3.63) is 16.3 Å². The largest absolute Gasteiger partial charge is 0.383 e. The molecule has 0 aromatic carbocycles. The van der Waals surface area contributed by atoms with Crippen LogP contribution in [0.3, 0.4) is 0 Å². The summed E-state index contributed by atoms with van der Waals surface area (Å²) < 4.78 is 5.62. The average molecular weight is 309 g/mol. The topological polar surface area (TPSA) is 61.0 Å². The lowest BCUT2D eigenvalue weighted by molar-refractivity contribution is 0.129. The van der Waals surface area contributed by atoms with Crippen LogP contribution < -0.4 is 5.73 Å². The first-order chi connectivity index (χ1) is 9.65. The van der Waals surface area contributed by atoms with E-state index in [1.165, 1.54) is 23.3 Å². The number of thioether (sulfide) groups is 1. The molecular formula is C14H19N3OS2. The van der Waals surface area contributed by atoms with E-state index < -0.39 is 0 Å². The molecule has 0 spiro atoms. The monoisotopic (exact) mass is 309 g/mol. The molecule has 1 aliphatic heterocycles. The Morgan fingerprint density at radius 1 is 1.40 bits per heavy atom. The lowest BCUT2D eigenvalue weighted by Gasteiger charge is -2.08. The second-order valence-electron chi connectivity index (χ2n) is 5.14. The third kappa shape index (κ3) is 2.77. The Bertz CT molecular complexity index is 620. The summed E-state index contributed by atoms with van der Waals surface area (Å²) in [5.41, 5.74) is 7.30. The predicted octanol–water partition coefficient (Wildman–Crippen LogP) is 3.30. The summed E-state index contributed by atoms with van der Waals surface area (Å²) in [6.45, 7) is 5.10. The molecule has 3 rings (SSSR count). The third-order valence-electron chi connectivity index (χ3n) is 3.66. The highest BCUT2D eigenvalue weighted by Gasteiger charge is 2.16. The lowest BCUT2D eigenvalue weighted by Crippen LogP contribution is -2.08. The van der Waals surface area contributed by atoms with Gasteiger partial charge in [-0.1, -0.05) is 0 Å². The number of aromatic nitrogens is 2. The summed E-state index contributed by atoms with van der Waals surface area (Å²) in [5.74, 6) is 3.27. The molecule has 2 aromatic rings. The van der Waals surface area contributed by atoms with Gasteiger partial charge >= 0.3 is 0 Å². The third-order valence-corrected chi connectivity index (χ3v) is 5.83. The van der Waals surface area contributed by atoms with Gasteiger partial charge in [0.25, 0.3) is 0 Å². The van der Waals surface area contributed by atoms with Crippen molar-refractivity contribution < 1.29 is 4.74 Å². The van der Waals surface area contributed by atoms with Crippen LogP contribution in [0.2, 0.25) is 0 Å². The van der Waals surface area contributed by atoms with Crippen molar-refractivity contribution in [2.75, 3.05) is 18.1 Å². The fourth-order valence-electron chi connectivity index (χ4n) is 2.45. The molecule has 1 aliphatic rings. The van der Waals surface area contributed by atoms with Crippen LogP contribution in [-0.2, 0) is 10.5 Å². The molecule has 6 heteroatoms. The number of nitrogen functional groups attached to an aromatic ring is 1. The average Bonchev–Trinajstić information content (AvgIpc) is 2.99. The van der Waals surface area contributed by atoms with Crippen molar-refractivity contribution in [2.24, 2.45) is 0 Å². The quantitative estimate of drug-likeness (QED) is 0.939. The summed E-state index contributed by atoms with van der Waals surface area (Å²) in [5, 5.41) is 1.03. The minimum Gasteiger partial charge on any atom is -0.383 e. The van der Waals surface area contributed by atoms with Gasteiger partial charge in [0.05, 0.1) is 17.2 Å². The number of aryl methyl sites for hydroxylation is 2. The maximum Gasteiger partial charge on any atom is 0.142 e. The molecule has 1 fully saturated rings. The predicted molar refractivity (Wildman–Crippen MR) is 86.4 cm³/mol. The molecule has 2 aromatic heterocycles. The minimum atomic E-state index is 0.410. The zero-order valence-corrected chi connectivity index (χ0v) is 13.4. The number of hydrogen-bond donors (Lipinski definition) is 1. The van der Waals surface area contributed by atoms with E-state index in [1.54, 1.807) is 11.3 Å². The number of thiophene rings is 1. The number of rotatable bonds is 4. The van der Waals surface area contributed by atoms with E-state index in [-0.39, 0.29) is 0 Å². The molecule has 0 radical (unpaired) electrons. The lowest BCUT2D eigenvalue weighted by atomic mass is 10.2. The first kappa shape index (κ1) is 14.1. The molecule has 1 unspecified atom stereocenters. The van der Waals surface area contributed by atoms with Gasteiger partial charge in [0.1, 0.15) is 16.5 Å². The molecule has 0 aliphatic carbocycles. The smallest absolute Gasteiger partial charge is 0.142 e. The van der Waals surface area contributed by atoms with Crippen molar-refractivity contribution in [3.63, 3.8) is 0 Å². The standard InChI is InChI=1S/C14H19N3OS2/c1-8-9(2)20-14-12(8)13(15)16-11(17-14)7-19-6-10-4-3-5-18-10/h10H,3-7H2,1-2H3,(H2,15,16,17). The Hall–Kier alpha value is -0.850. The molecule has 1 atom stereocenters. The van der Waals surface area contributed by atoms with Gasteiger partial charge in [-0.25, -0.2) is 9.97 Å². The van der Waals surface area contributed by atoms with Crippen LogP contribution in [0.5, 0.6) is 0 Å². The van der Waals surface area contributed by atoms with Gasteiger partial charge in [0, 0.05) is 17.2 Å². The number of nitrogens with two attached hydrogens (primary N) is 1. The van der Waals surface area contributed by atoms with Gasteiger partial charge in [0.2, 0.25) is 0 Å². The maximum atomic E-state index is 6.09. The molecule has 3 heterocycles. The summed E-state index contributed by atoms with van der Waals surface area (Å²) in [6, 6.07) is 0. The Morgan fingerprint density at radius 2 is 2.25 bits per heavy atom. The molecule has 108 valence electrons. The highest BCUT2D eigenvalue weighted by molar-refractivity contribution is 7.98. The zero-order chi connectivity index (χ0) is 14.1. The van der Waals surface area contributed by atoms with Gasteiger partial charge < -0.3 is 10.5 Å². The van der Waals surface area contributed by atoms with Crippen molar-refractivity contribution >= 4 is 39.1 Å². The molecular weight excluding hydrogens is 290 g/mol. The minimum absolute atomic E-state index is 0.410. The zero-order valence-electron chi connectivity index (χ0n) is 11.8. The summed E-state index contributed by atoms with van der Waals surface area (Å²) in [7, 11) is 0. The van der Waals surface area contributed by atoms with E-state index in [4.69, 9.17) is 10.5 Å². The fourth-order valence-corrected chi connectivity index (χ4v) is 4.46. The molecule has 0 amide bonds. The summed E-state index contributed by atoms with van der Waals surface area (Å²) in [6.07, 6.45) is 2.78. The Morgan fingerprint density at radius 3 is 3.00 bits per heavy atom. The fraction of sp³-hybridized carbons (Fsp3) is 0.571. The molecule has 0 bridgehead atoms. The SMILES string of the molecule is Cc1sc2nc(CSCC3CCCO3)nc(N)c2c1C. The number of nitrogens with zero attached hydrogens (tertiary/aromatic N) is 2. The van der Waals surface area contributed by atoms with Gasteiger partial charge in [-0.2, -0.15) is 11.8 Å². The van der Waals surface area contributed by atoms with E-state index in [2.05, 4.69) is 23.8 Å². The van der Waals surface area contributed by atoms with Crippen LogP contribution >= 0.6 is 23.1 Å². The van der Waals surface area contributed by atoms with Crippen LogP contribution in [0.15, 0.2) is 0 Å². The van der Waals surface area contributed by atoms with Gasteiger partial charge in [0.15, 0.2) is 0 Å². The normalized spacial score (nSPS) is 19.0. The number of hydrogen-bond acceptors (Lipinski definition) is 6. The second-order valence-corrected chi connectivity index (χ2v) is 7.37. The van der Waals surface area contributed by atoms with E-state index in [1.807, 2.05) is 11.8 Å². The number of anilines is 1. The first-order valence-corrected chi connectivity index (χ1v) is 8.83. The Balaban J connectivity index is 1.72. The van der Waals surface area contributed by atoms with E-state index >= 15 is 0 Å². The Labute approximate surface area is 127 Å². The van der Waals surface area contributed by atoms with E-state index in [9.17, 15) is 0 Å². The highest BCUT2D eigenvalue weighted by atomic mass is 32.2. The molecule has 1 saturated heterocycles. The van der Waals surface area contributed by atoms with Crippen molar-refractivity contribution in [3.8, 4) is 0 Å². The molecule has 2 N–H and O–H groups in total. The Kier molecular flexibility index (Phi) is 4.14. The second kappa shape index (κ2) is 5.87. The maximum absolute atomic E-state index is 6.09. The van der Waals surface area contributed by atoms with Crippen molar-refractivity contribution in [1.29, 1.82) is 0 Å². The summed E-state index contributed by atoms with van der Waals surface area (Å²) in [4.78, 5) is 11.4. The van der Waals surface area contributed by atoms with Crippen LogP contribution in [-0.4, -0.2) is 28.4 Å². The summed E-state index contributed by atoms with van der Waals surface area (Å²) >= 11 is 3.53. The molecule has 4 nitrogen and oxygen atoms in total. The van der Waals surface area contributed by atoms with Crippen molar-refractivity contribution in [2.45, 2.75) is 38.5 Å². The molecule has 0 saturated carbocycles. The highest BCUT2D eigenvalue weighted by Crippen LogP contribution is 2.32. The van der Waals surface area contributed by atoms with E-state index in [0.29, 0.717) is 11.9 Å². The van der Waals surface area contributed by atoms with Gasteiger partial charge in [-0.15, -0.1) is 11.3 Å². The first-order valence-electron chi connectivity index (χ1n) is 6.86. The van der Waals surface area contributed by atoms with Crippen LogP contribution in [0, 0.1) is 13.8 Å². The van der Waals surface area contributed by atoms with E-state index in [0.717, 1.165) is 34.2 Å². The van der Waals surface area contributed by atoms with Gasteiger partial charge in [-0.05, 0) is 32.3 Å². The molecule has 20 heavy (non-hydrogen) atoms. The van der Waals surface area contributed by atoms with Crippen LogP contribution in [0.1, 0.15) is 29.1 Å². The number of ether oxygens (including phenoxy) is 1. The van der Waals surface area contributed by atoms with Crippen LogP contribution in [0.25, 0.3) is 10.2 Å². The van der Waals surface area contributed by atoms with Crippen molar-refractivity contribution in [1.82, 2.24) is 9.97 Å². The van der Waals surface area contributed by atoms with Crippen LogP contribution in [0.4, 0.5) is 5.82 Å². The number of fused-ring (bicyclic) bond motifs is 1.